The summed E-state index contributed by atoms with van der Waals surface area (Å²) in [7, 11) is 2.13. The molecule has 0 spiro atoms. The number of nitrogens with zero attached hydrogens (tertiary/aromatic N) is 3. The summed E-state index contributed by atoms with van der Waals surface area (Å²) in [6.07, 6.45) is 1.86. The molecule has 0 aliphatic carbocycles. The fraction of sp³-hybridized carbons (Fsp3) is 0.333. The van der Waals surface area contributed by atoms with E-state index >= 15 is 0 Å². The van der Waals surface area contributed by atoms with Gasteiger partial charge in [0.15, 0.2) is 5.13 Å². The summed E-state index contributed by atoms with van der Waals surface area (Å²) in [5, 5.41) is 1.71. The maximum absolute atomic E-state index is 5.72. The Bertz CT molecular complexity index is 820. The molecule has 4 nitrogen and oxygen atoms in total. The number of aromatic nitrogens is 2. The molecule has 2 heterocycles. The van der Waals surface area contributed by atoms with Gasteiger partial charge >= 0.3 is 0 Å². The average molecular weight is 359 g/mol. The second-order valence-corrected chi connectivity index (χ2v) is 8.27. The van der Waals surface area contributed by atoms with Crippen molar-refractivity contribution in [2.24, 2.45) is 0 Å². The van der Waals surface area contributed by atoms with Crippen LogP contribution in [0.25, 0.3) is 10.6 Å². The van der Waals surface area contributed by atoms with E-state index in [0.717, 1.165) is 17.2 Å². The van der Waals surface area contributed by atoms with Crippen LogP contribution in [0, 0.1) is 13.8 Å². The molecule has 1 unspecified atom stereocenters. The SMILES string of the molecule is Cc1ccc(-c2nc(C)c(C(C)N(C)Cc3cnc(N)s3)s2)cc1. The van der Waals surface area contributed by atoms with Crippen molar-refractivity contribution in [2.75, 3.05) is 12.8 Å². The van der Waals surface area contributed by atoms with Gasteiger partial charge in [-0.3, -0.25) is 4.90 Å². The van der Waals surface area contributed by atoms with E-state index in [1.165, 1.54) is 20.9 Å². The van der Waals surface area contributed by atoms with E-state index in [-0.39, 0.29) is 0 Å². The van der Waals surface area contributed by atoms with Gasteiger partial charge in [-0.15, -0.1) is 22.7 Å². The Morgan fingerprint density at radius 1 is 1.17 bits per heavy atom. The Morgan fingerprint density at radius 3 is 2.50 bits per heavy atom. The highest BCUT2D eigenvalue weighted by molar-refractivity contribution is 7.15. The van der Waals surface area contributed by atoms with Gasteiger partial charge in [-0.05, 0) is 27.8 Å². The average Bonchev–Trinajstić information content (AvgIpc) is 3.13. The second kappa shape index (κ2) is 7.01. The first-order chi connectivity index (χ1) is 11.4. The molecular weight excluding hydrogens is 336 g/mol. The predicted molar refractivity (Wildman–Crippen MR) is 103 cm³/mol. The molecule has 0 aliphatic heterocycles. The summed E-state index contributed by atoms with van der Waals surface area (Å²) < 4.78 is 0. The molecule has 1 aromatic carbocycles. The van der Waals surface area contributed by atoms with Gasteiger partial charge < -0.3 is 5.73 Å². The highest BCUT2D eigenvalue weighted by Crippen LogP contribution is 2.34. The lowest BCUT2D eigenvalue weighted by atomic mass is 10.1. The topological polar surface area (TPSA) is 55.0 Å². The first-order valence-corrected chi connectivity index (χ1v) is 9.52. The van der Waals surface area contributed by atoms with Gasteiger partial charge in [0.05, 0.1) is 5.69 Å². The lowest BCUT2D eigenvalue weighted by Gasteiger charge is -2.23. The van der Waals surface area contributed by atoms with Gasteiger partial charge in [-0.1, -0.05) is 29.8 Å². The molecule has 1 atom stereocenters. The van der Waals surface area contributed by atoms with Crippen LogP contribution in [0.1, 0.15) is 34.0 Å². The van der Waals surface area contributed by atoms with E-state index in [4.69, 9.17) is 10.7 Å². The monoisotopic (exact) mass is 358 g/mol. The number of aryl methyl sites for hydroxylation is 2. The third kappa shape index (κ3) is 3.66. The van der Waals surface area contributed by atoms with E-state index in [0.29, 0.717) is 11.2 Å². The van der Waals surface area contributed by atoms with Crippen molar-refractivity contribution in [3.63, 3.8) is 0 Å². The smallest absolute Gasteiger partial charge is 0.180 e. The van der Waals surface area contributed by atoms with Crippen LogP contribution in [0.15, 0.2) is 30.5 Å². The maximum atomic E-state index is 5.72. The zero-order valence-corrected chi connectivity index (χ0v) is 16.0. The van der Waals surface area contributed by atoms with Crippen LogP contribution in [0.3, 0.4) is 0 Å². The molecule has 0 aliphatic rings. The summed E-state index contributed by atoms with van der Waals surface area (Å²) in [6.45, 7) is 7.27. The molecule has 0 saturated carbocycles. The van der Waals surface area contributed by atoms with Crippen molar-refractivity contribution in [1.82, 2.24) is 14.9 Å². The predicted octanol–water partition coefficient (Wildman–Crippen LogP) is 4.66. The number of nitrogens with two attached hydrogens (primary N) is 1. The summed E-state index contributed by atoms with van der Waals surface area (Å²) in [4.78, 5) is 13.7. The molecule has 0 fully saturated rings. The minimum atomic E-state index is 0.296. The van der Waals surface area contributed by atoms with Crippen molar-refractivity contribution in [3.8, 4) is 10.6 Å². The van der Waals surface area contributed by atoms with E-state index in [1.54, 1.807) is 22.7 Å². The quantitative estimate of drug-likeness (QED) is 0.721. The summed E-state index contributed by atoms with van der Waals surface area (Å²) in [6, 6.07) is 8.85. The lowest BCUT2D eigenvalue weighted by Crippen LogP contribution is -2.21. The highest BCUT2D eigenvalue weighted by atomic mass is 32.1. The minimum Gasteiger partial charge on any atom is -0.375 e. The largest absolute Gasteiger partial charge is 0.375 e. The Morgan fingerprint density at radius 2 is 1.88 bits per heavy atom. The second-order valence-electron chi connectivity index (χ2n) is 6.09. The van der Waals surface area contributed by atoms with Crippen molar-refractivity contribution in [2.45, 2.75) is 33.4 Å². The molecule has 0 saturated heterocycles. The number of benzene rings is 1. The van der Waals surface area contributed by atoms with Gasteiger partial charge in [0, 0.05) is 34.1 Å². The van der Waals surface area contributed by atoms with Crippen molar-refractivity contribution >= 4 is 27.8 Å². The summed E-state index contributed by atoms with van der Waals surface area (Å²) in [5.41, 5.74) is 9.29. The van der Waals surface area contributed by atoms with Gasteiger partial charge in [0.2, 0.25) is 0 Å². The number of nitrogen functional groups attached to an aromatic ring is 1. The normalized spacial score (nSPS) is 12.7. The van der Waals surface area contributed by atoms with Crippen molar-refractivity contribution < 1.29 is 0 Å². The standard InChI is InChI=1S/C18H22N4S2/c1-11-5-7-14(8-6-11)17-21-12(2)16(24-17)13(3)22(4)10-15-9-20-18(19)23-15/h5-9,13H,10H2,1-4H3,(H2,19,20). The number of hydrogen-bond donors (Lipinski definition) is 1. The molecule has 126 valence electrons. The van der Waals surface area contributed by atoms with Crippen LogP contribution in [-0.4, -0.2) is 21.9 Å². The van der Waals surface area contributed by atoms with Gasteiger partial charge in [-0.2, -0.15) is 0 Å². The molecular formula is C18H22N4S2. The number of anilines is 1. The zero-order chi connectivity index (χ0) is 17.3. The van der Waals surface area contributed by atoms with Crippen molar-refractivity contribution in [3.05, 3.63) is 51.5 Å². The zero-order valence-electron chi connectivity index (χ0n) is 14.4. The van der Waals surface area contributed by atoms with E-state index in [2.05, 4.69) is 62.0 Å². The molecule has 0 bridgehead atoms. The number of hydrogen-bond acceptors (Lipinski definition) is 6. The van der Waals surface area contributed by atoms with Crippen molar-refractivity contribution in [1.29, 1.82) is 0 Å². The van der Waals surface area contributed by atoms with Crippen LogP contribution in [0.2, 0.25) is 0 Å². The molecule has 0 amide bonds. The lowest BCUT2D eigenvalue weighted by molar-refractivity contribution is 0.257. The first-order valence-electron chi connectivity index (χ1n) is 7.89. The molecule has 0 radical (unpaired) electrons. The fourth-order valence-electron chi connectivity index (χ4n) is 2.59. The first kappa shape index (κ1) is 17.1. The molecule has 3 rings (SSSR count). The minimum absolute atomic E-state index is 0.296. The van der Waals surface area contributed by atoms with Crippen LogP contribution in [-0.2, 0) is 6.54 Å². The van der Waals surface area contributed by atoms with Gasteiger partial charge in [0.25, 0.3) is 0 Å². The number of rotatable bonds is 5. The third-order valence-electron chi connectivity index (χ3n) is 4.15. The summed E-state index contributed by atoms with van der Waals surface area (Å²) >= 11 is 3.33. The Hall–Kier alpha value is -1.76. The fourth-order valence-corrected chi connectivity index (χ4v) is 4.53. The van der Waals surface area contributed by atoms with E-state index < -0.39 is 0 Å². The highest BCUT2D eigenvalue weighted by Gasteiger charge is 2.19. The molecule has 2 N–H and O–H groups in total. The van der Waals surface area contributed by atoms with Gasteiger partial charge in [-0.25, -0.2) is 9.97 Å². The van der Waals surface area contributed by atoms with E-state index in [9.17, 15) is 0 Å². The number of thiazole rings is 2. The van der Waals surface area contributed by atoms with E-state index in [1.807, 2.05) is 6.20 Å². The third-order valence-corrected chi connectivity index (χ3v) is 6.34. The Balaban J connectivity index is 1.79. The molecule has 3 aromatic rings. The van der Waals surface area contributed by atoms with Crippen LogP contribution in [0.4, 0.5) is 5.13 Å². The van der Waals surface area contributed by atoms with Gasteiger partial charge in [0.1, 0.15) is 5.01 Å². The Labute approximate surface area is 151 Å². The molecule has 24 heavy (non-hydrogen) atoms. The summed E-state index contributed by atoms with van der Waals surface area (Å²) in [5.74, 6) is 0. The molecule has 2 aromatic heterocycles. The maximum Gasteiger partial charge on any atom is 0.180 e. The molecule has 6 heteroatoms. The van der Waals surface area contributed by atoms with Crippen LogP contribution >= 0.6 is 22.7 Å². The van der Waals surface area contributed by atoms with Crippen LogP contribution < -0.4 is 5.73 Å². The Kier molecular flexibility index (Phi) is 4.99. The van der Waals surface area contributed by atoms with Crippen LogP contribution in [0.5, 0.6) is 0 Å².